The lowest BCUT2D eigenvalue weighted by atomic mass is 9.67. The highest BCUT2D eigenvalue weighted by molar-refractivity contribution is 6.47. The molecule has 8 nitrogen and oxygen atoms in total. The van der Waals surface area contributed by atoms with Crippen LogP contribution < -0.4 is 0 Å². The molecule has 0 aliphatic heterocycles. The van der Waals surface area contributed by atoms with Crippen LogP contribution in [-0.4, -0.2) is 21.4 Å². The molecular formula is C26H18N2O6. The second-order valence-corrected chi connectivity index (χ2v) is 7.83. The average molecular weight is 454 g/mol. The van der Waals surface area contributed by atoms with Crippen LogP contribution in [0.15, 0.2) is 97.1 Å². The van der Waals surface area contributed by atoms with Crippen molar-refractivity contribution in [3.05, 3.63) is 134 Å². The Balaban J connectivity index is 1.78. The molecular weight excluding hydrogens is 436 g/mol. The Bertz CT molecular complexity index is 1340. The third-order valence-electron chi connectivity index (χ3n) is 5.84. The minimum absolute atomic E-state index is 0.0623. The summed E-state index contributed by atoms with van der Waals surface area (Å²) in [5.41, 5.74) is 0.462. The van der Waals surface area contributed by atoms with Gasteiger partial charge in [-0.25, -0.2) is 0 Å². The van der Waals surface area contributed by atoms with Gasteiger partial charge in [0.05, 0.1) is 15.3 Å². The standard InChI is InChI=1S/C26H18N2O6/c29-24(19-5-2-1-3-6-19)25(30)26(21-10-14-23(15-11-21)28(33)34)16-4-7-20(17-26)18-8-12-22(13-9-18)27(31)32/h1-16H,17H2. The zero-order chi connectivity index (χ0) is 24.3. The normalized spacial score (nSPS) is 17.0. The van der Waals surface area contributed by atoms with Gasteiger partial charge in [0.1, 0.15) is 0 Å². The number of allylic oxidation sites excluding steroid dienone is 4. The number of ketones is 2. The highest BCUT2D eigenvalue weighted by atomic mass is 16.6. The molecule has 0 saturated heterocycles. The summed E-state index contributed by atoms with van der Waals surface area (Å²) in [7, 11) is 0. The first-order chi connectivity index (χ1) is 16.3. The lowest BCUT2D eigenvalue weighted by Crippen LogP contribution is -2.40. The first-order valence-electron chi connectivity index (χ1n) is 10.3. The highest BCUT2D eigenvalue weighted by Crippen LogP contribution is 2.41. The van der Waals surface area contributed by atoms with Crippen LogP contribution in [0, 0.1) is 20.2 Å². The van der Waals surface area contributed by atoms with E-state index in [4.69, 9.17) is 0 Å². The van der Waals surface area contributed by atoms with Crippen LogP contribution in [0.1, 0.15) is 27.9 Å². The molecule has 0 heterocycles. The monoisotopic (exact) mass is 454 g/mol. The number of carbonyl (C=O) groups is 2. The molecule has 8 heteroatoms. The number of Topliss-reactive ketones (excluding diaryl/α,β-unsaturated/α-hetero) is 2. The van der Waals surface area contributed by atoms with Gasteiger partial charge < -0.3 is 0 Å². The van der Waals surface area contributed by atoms with Crippen LogP contribution in [0.5, 0.6) is 0 Å². The number of hydrogen-bond donors (Lipinski definition) is 0. The topological polar surface area (TPSA) is 120 Å². The van der Waals surface area contributed by atoms with Crippen LogP contribution in [0.25, 0.3) is 5.57 Å². The minimum atomic E-state index is -1.39. The molecule has 0 aromatic heterocycles. The molecule has 0 fully saturated rings. The van der Waals surface area contributed by atoms with E-state index >= 15 is 0 Å². The number of hydrogen-bond acceptors (Lipinski definition) is 6. The minimum Gasteiger partial charge on any atom is -0.289 e. The predicted molar refractivity (Wildman–Crippen MR) is 125 cm³/mol. The first kappa shape index (κ1) is 22.5. The van der Waals surface area contributed by atoms with Crippen molar-refractivity contribution in [3.63, 3.8) is 0 Å². The maximum absolute atomic E-state index is 13.7. The fraction of sp³-hybridized carbons (Fsp3) is 0.0769. The van der Waals surface area contributed by atoms with Crippen molar-refractivity contribution in [1.29, 1.82) is 0 Å². The van der Waals surface area contributed by atoms with Crippen LogP contribution in [0.3, 0.4) is 0 Å². The van der Waals surface area contributed by atoms with Gasteiger partial charge in [0.15, 0.2) is 0 Å². The quantitative estimate of drug-likeness (QED) is 0.208. The van der Waals surface area contributed by atoms with Crippen LogP contribution in [0.4, 0.5) is 11.4 Å². The zero-order valence-electron chi connectivity index (χ0n) is 17.8. The molecule has 4 rings (SSSR count). The fourth-order valence-electron chi connectivity index (χ4n) is 4.03. The molecule has 0 radical (unpaired) electrons. The van der Waals surface area contributed by atoms with Crippen LogP contribution in [-0.2, 0) is 10.2 Å². The van der Waals surface area contributed by atoms with Crippen LogP contribution >= 0.6 is 0 Å². The maximum Gasteiger partial charge on any atom is 0.269 e. The van der Waals surface area contributed by atoms with Crippen molar-refractivity contribution in [2.24, 2.45) is 0 Å². The summed E-state index contributed by atoms with van der Waals surface area (Å²) in [6, 6.07) is 19.7. The molecule has 1 aliphatic rings. The van der Waals surface area contributed by atoms with Crippen molar-refractivity contribution in [2.45, 2.75) is 11.8 Å². The summed E-state index contributed by atoms with van der Waals surface area (Å²) < 4.78 is 0. The number of nitro benzene ring substituents is 2. The Morgan fingerprint density at radius 1 is 0.765 bits per heavy atom. The van der Waals surface area contributed by atoms with Crippen molar-refractivity contribution < 1.29 is 19.4 Å². The van der Waals surface area contributed by atoms with E-state index in [2.05, 4.69) is 0 Å². The third-order valence-corrected chi connectivity index (χ3v) is 5.84. The molecule has 0 bridgehead atoms. The smallest absolute Gasteiger partial charge is 0.269 e. The lowest BCUT2D eigenvalue weighted by molar-refractivity contribution is -0.385. The second kappa shape index (κ2) is 9.03. The van der Waals surface area contributed by atoms with Gasteiger partial charge in [-0.2, -0.15) is 0 Å². The van der Waals surface area contributed by atoms with Gasteiger partial charge in [-0.15, -0.1) is 0 Å². The highest BCUT2D eigenvalue weighted by Gasteiger charge is 2.43. The van der Waals surface area contributed by atoms with Crippen molar-refractivity contribution in [1.82, 2.24) is 0 Å². The van der Waals surface area contributed by atoms with E-state index in [1.54, 1.807) is 60.7 Å². The Morgan fingerprint density at radius 2 is 1.32 bits per heavy atom. The number of nitro groups is 2. The van der Waals surface area contributed by atoms with Crippen molar-refractivity contribution in [2.75, 3.05) is 0 Å². The van der Waals surface area contributed by atoms with Gasteiger partial charge in [-0.05, 0) is 35.3 Å². The Morgan fingerprint density at radius 3 is 1.88 bits per heavy atom. The SMILES string of the molecule is O=C(C(=O)C1(c2ccc([N+](=O)[O-])cc2)C=CC=C(c2ccc([N+](=O)[O-])cc2)C1)c1ccccc1. The summed E-state index contributed by atoms with van der Waals surface area (Å²) >= 11 is 0. The maximum atomic E-state index is 13.7. The first-order valence-corrected chi connectivity index (χ1v) is 10.3. The number of carbonyl (C=O) groups excluding carboxylic acids is 2. The molecule has 0 spiro atoms. The molecule has 3 aromatic carbocycles. The molecule has 34 heavy (non-hydrogen) atoms. The molecule has 0 saturated carbocycles. The number of rotatable bonds is 7. The zero-order valence-corrected chi connectivity index (χ0v) is 17.8. The fourth-order valence-corrected chi connectivity index (χ4v) is 4.03. The van der Waals surface area contributed by atoms with E-state index < -0.39 is 26.8 Å². The van der Waals surface area contributed by atoms with E-state index in [9.17, 15) is 29.8 Å². The van der Waals surface area contributed by atoms with Gasteiger partial charge in [-0.1, -0.05) is 60.7 Å². The van der Waals surface area contributed by atoms with Gasteiger partial charge >= 0.3 is 0 Å². The Hall–Kier alpha value is -4.72. The Labute approximate surface area is 194 Å². The van der Waals surface area contributed by atoms with E-state index in [0.29, 0.717) is 16.7 Å². The van der Waals surface area contributed by atoms with Gasteiger partial charge in [0.2, 0.25) is 11.6 Å². The van der Waals surface area contributed by atoms with Crippen molar-refractivity contribution in [3.8, 4) is 0 Å². The molecule has 1 aliphatic carbocycles. The average Bonchev–Trinajstić information content (AvgIpc) is 2.88. The third kappa shape index (κ3) is 4.16. The van der Waals surface area contributed by atoms with Crippen molar-refractivity contribution >= 4 is 28.5 Å². The summed E-state index contributed by atoms with van der Waals surface area (Å²) in [6.07, 6.45) is 5.19. The van der Waals surface area contributed by atoms with Gasteiger partial charge in [0.25, 0.3) is 11.4 Å². The van der Waals surface area contributed by atoms with Gasteiger partial charge in [0, 0.05) is 29.8 Å². The van der Waals surface area contributed by atoms with E-state index in [-0.39, 0.29) is 23.4 Å². The molecule has 1 atom stereocenters. The number of non-ortho nitro benzene ring substituents is 2. The van der Waals surface area contributed by atoms with E-state index in [1.807, 2.05) is 0 Å². The Kier molecular flexibility index (Phi) is 5.97. The second-order valence-electron chi connectivity index (χ2n) is 7.83. The van der Waals surface area contributed by atoms with Crippen LogP contribution in [0.2, 0.25) is 0 Å². The molecule has 3 aromatic rings. The predicted octanol–water partition coefficient (Wildman–Crippen LogP) is 5.24. The van der Waals surface area contributed by atoms with Gasteiger partial charge in [-0.3, -0.25) is 29.8 Å². The molecule has 0 N–H and O–H groups in total. The largest absolute Gasteiger partial charge is 0.289 e. The number of benzene rings is 3. The summed E-state index contributed by atoms with van der Waals surface area (Å²) in [5.74, 6) is -1.34. The molecule has 1 unspecified atom stereocenters. The molecule has 168 valence electrons. The summed E-state index contributed by atoms with van der Waals surface area (Å²) in [4.78, 5) is 48.0. The van der Waals surface area contributed by atoms with E-state index in [1.165, 1.54) is 36.4 Å². The molecule has 0 amide bonds. The lowest BCUT2D eigenvalue weighted by Gasteiger charge is -2.32. The summed E-state index contributed by atoms with van der Waals surface area (Å²) in [6.45, 7) is 0. The van der Waals surface area contributed by atoms with E-state index in [0.717, 1.165) is 0 Å². The summed E-state index contributed by atoms with van der Waals surface area (Å²) in [5, 5.41) is 22.1. The number of nitrogens with zero attached hydrogens (tertiary/aromatic N) is 2.